The highest BCUT2D eigenvalue weighted by atomic mass is 16.3. The van der Waals surface area contributed by atoms with Crippen molar-refractivity contribution in [3.8, 4) is 0 Å². The number of hydrogen-bond acceptors (Lipinski definition) is 3. The molecular weight excluding hydrogens is 188 g/mol. The molecule has 0 fully saturated rings. The average molecular weight is 216 g/mol. The first-order chi connectivity index (χ1) is 6.85. The second kappa shape index (κ2) is 7.20. The topological polar surface area (TPSA) is 49.5 Å². The van der Waals surface area contributed by atoms with Crippen molar-refractivity contribution in [2.45, 2.75) is 46.1 Å². The lowest BCUT2D eigenvalue weighted by Gasteiger charge is -2.27. The van der Waals surface area contributed by atoms with E-state index in [1.807, 2.05) is 13.8 Å². The van der Waals surface area contributed by atoms with Crippen molar-refractivity contribution in [1.82, 2.24) is 4.90 Å². The van der Waals surface area contributed by atoms with Crippen LogP contribution in [0.4, 0.5) is 0 Å². The van der Waals surface area contributed by atoms with Crippen molar-refractivity contribution in [3.63, 3.8) is 0 Å². The van der Waals surface area contributed by atoms with Gasteiger partial charge in [-0.25, -0.2) is 0 Å². The Kier molecular flexibility index (Phi) is 7.14. The Morgan fingerprint density at radius 2 is 1.87 bits per heavy atom. The van der Waals surface area contributed by atoms with E-state index < -0.39 is 5.60 Å². The number of nitrogens with two attached hydrogens (primary N) is 1. The van der Waals surface area contributed by atoms with Crippen molar-refractivity contribution in [2.24, 2.45) is 11.7 Å². The van der Waals surface area contributed by atoms with E-state index in [4.69, 9.17) is 5.73 Å². The molecule has 0 rings (SSSR count). The molecule has 15 heavy (non-hydrogen) atoms. The molecule has 0 aromatic carbocycles. The summed E-state index contributed by atoms with van der Waals surface area (Å²) < 4.78 is 0. The highest BCUT2D eigenvalue weighted by Crippen LogP contribution is 2.10. The lowest BCUT2D eigenvalue weighted by molar-refractivity contribution is 0.0559. The predicted molar refractivity (Wildman–Crippen MR) is 65.9 cm³/mol. The van der Waals surface area contributed by atoms with Crippen molar-refractivity contribution in [3.05, 3.63) is 0 Å². The van der Waals surface area contributed by atoms with Crippen LogP contribution >= 0.6 is 0 Å². The van der Waals surface area contributed by atoms with Crippen LogP contribution in [0.25, 0.3) is 0 Å². The number of rotatable bonds is 8. The quantitative estimate of drug-likeness (QED) is 0.646. The second-order valence-electron chi connectivity index (χ2n) is 5.40. The lowest BCUT2D eigenvalue weighted by Crippen LogP contribution is -2.34. The van der Waals surface area contributed by atoms with Crippen LogP contribution in [0, 0.1) is 5.92 Å². The van der Waals surface area contributed by atoms with Crippen LogP contribution in [0.2, 0.25) is 0 Å². The maximum absolute atomic E-state index is 9.67. The molecule has 92 valence electrons. The summed E-state index contributed by atoms with van der Waals surface area (Å²) >= 11 is 0. The van der Waals surface area contributed by atoms with Gasteiger partial charge in [-0.3, -0.25) is 0 Å². The molecule has 3 N–H and O–H groups in total. The zero-order valence-corrected chi connectivity index (χ0v) is 10.8. The SMILES string of the molecule is CC(C)CN(CCCN)CCC(C)(C)O. The second-order valence-corrected chi connectivity index (χ2v) is 5.40. The van der Waals surface area contributed by atoms with E-state index in [1.165, 1.54) is 0 Å². The van der Waals surface area contributed by atoms with Crippen molar-refractivity contribution >= 4 is 0 Å². The molecule has 0 aromatic rings. The minimum Gasteiger partial charge on any atom is -0.390 e. The Labute approximate surface area is 94.6 Å². The van der Waals surface area contributed by atoms with Gasteiger partial charge in [0.1, 0.15) is 0 Å². The first kappa shape index (κ1) is 14.9. The Morgan fingerprint density at radius 3 is 2.27 bits per heavy atom. The average Bonchev–Trinajstić information content (AvgIpc) is 2.07. The van der Waals surface area contributed by atoms with Crippen LogP contribution in [-0.4, -0.2) is 41.8 Å². The molecule has 0 aliphatic heterocycles. The van der Waals surface area contributed by atoms with Gasteiger partial charge in [0.15, 0.2) is 0 Å². The zero-order valence-electron chi connectivity index (χ0n) is 10.8. The molecular formula is C12H28N2O. The maximum atomic E-state index is 9.67. The van der Waals surface area contributed by atoms with Gasteiger partial charge in [0, 0.05) is 13.1 Å². The van der Waals surface area contributed by atoms with Gasteiger partial charge in [-0.15, -0.1) is 0 Å². The van der Waals surface area contributed by atoms with E-state index in [9.17, 15) is 5.11 Å². The zero-order chi connectivity index (χ0) is 11.9. The third-order valence-corrected chi connectivity index (χ3v) is 2.34. The van der Waals surface area contributed by atoms with E-state index in [1.54, 1.807) is 0 Å². The highest BCUT2D eigenvalue weighted by Gasteiger charge is 2.15. The summed E-state index contributed by atoms with van der Waals surface area (Å²) in [6.45, 7) is 12.0. The molecule has 0 amide bonds. The van der Waals surface area contributed by atoms with Crippen LogP contribution in [0.5, 0.6) is 0 Å². The van der Waals surface area contributed by atoms with Gasteiger partial charge < -0.3 is 15.7 Å². The summed E-state index contributed by atoms with van der Waals surface area (Å²) in [4.78, 5) is 2.40. The molecule has 0 spiro atoms. The normalized spacial score (nSPS) is 12.8. The Balaban J connectivity index is 3.89. The third kappa shape index (κ3) is 10.2. The fraction of sp³-hybridized carbons (Fsp3) is 1.00. The van der Waals surface area contributed by atoms with E-state index in [0.29, 0.717) is 5.92 Å². The van der Waals surface area contributed by atoms with Crippen molar-refractivity contribution < 1.29 is 5.11 Å². The lowest BCUT2D eigenvalue weighted by atomic mass is 10.0. The molecule has 0 saturated carbocycles. The van der Waals surface area contributed by atoms with E-state index in [0.717, 1.165) is 39.0 Å². The van der Waals surface area contributed by atoms with Crippen molar-refractivity contribution in [1.29, 1.82) is 0 Å². The molecule has 0 saturated heterocycles. The van der Waals surface area contributed by atoms with Crippen LogP contribution < -0.4 is 5.73 Å². The van der Waals surface area contributed by atoms with Crippen molar-refractivity contribution in [2.75, 3.05) is 26.2 Å². The fourth-order valence-electron chi connectivity index (χ4n) is 1.56. The van der Waals surface area contributed by atoms with Crippen LogP contribution in [0.3, 0.4) is 0 Å². The van der Waals surface area contributed by atoms with Gasteiger partial charge in [-0.1, -0.05) is 13.8 Å². The van der Waals surface area contributed by atoms with Gasteiger partial charge in [0.05, 0.1) is 5.60 Å². The minimum atomic E-state index is -0.558. The Hall–Kier alpha value is -0.120. The number of aliphatic hydroxyl groups is 1. The monoisotopic (exact) mass is 216 g/mol. The van der Waals surface area contributed by atoms with Gasteiger partial charge in [-0.2, -0.15) is 0 Å². The molecule has 0 atom stereocenters. The smallest absolute Gasteiger partial charge is 0.0603 e. The summed E-state index contributed by atoms with van der Waals surface area (Å²) in [5, 5.41) is 9.67. The van der Waals surface area contributed by atoms with Gasteiger partial charge >= 0.3 is 0 Å². The molecule has 0 unspecified atom stereocenters. The molecule has 3 heteroatoms. The molecule has 0 bridgehead atoms. The molecule has 0 radical (unpaired) electrons. The van der Waals surface area contributed by atoms with E-state index >= 15 is 0 Å². The van der Waals surface area contributed by atoms with Gasteiger partial charge in [-0.05, 0) is 45.7 Å². The Morgan fingerprint density at radius 1 is 1.27 bits per heavy atom. The van der Waals surface area contributed by atoms with E-state index in [2.05, 4.69) is 18.7 Å². The fourth-order valence-corrected chi connectivity index (χ4v) is 1.56. The highest BCUT2D eigenvalue weighted by molar-refractivity contribution is 4.69. The molecule has 0 aromatic heterocycles. The summed E-state index contributed by atoms with van der Waals surface area (Å²) in [5.41, 5.74) is 4.96. The standard InChI is InChI=1S/C12H28N2O/c1-11(2)10-14(8-5-7-13)9-6-12(3,4)15/h11,15H,5-10,13H2,1-4H3. The van der Waals surface area contributed by atoms with Crippen LogP contribution in [0.15, 0.2) is 0 Å². The molecule has 0 aliphatic carbocycles. The number of nitrogens with zero attached hydrogens (tertiary/aromatic N) is 1. The molecule has 0 heterocycles. The Bertz CT molecular complexity index is 152. The summed E-state index contributed by atoms with van der Waals surface area (Å²) in [6, 6.07) is 0. The van der Waals surface area contributed by atoms with Crippen LogP contribution in [-0.2, 0) is 0 Å². The van der Waals surface area contributed by atoms with E-state index in [-0.39, 0.29) is 0 Å². The summed E-state index contributed by atoms with van der Waals surface area (Å²) in [5.74, 6) is 0.671. The summed E-state index contributed by atoms with van der Waals surface area (Å²) in [7, 11) is 0. The van der Waals surface area contributed by atoms with Crippen LogP contribution in [0.1, 0.15) is 40.5 Å². The third-order valence-electron chi connectivity index (χ3n) is 2.34. The molecule has 3 nitrogen and oxygen atoms in total. The summed E-state index contributed by atoms with van der Waals surface area (Å²) in [6.07, 6.45) is 1.86. The van der Waals surface area contributed by atoms with Gasteiger partial charge in [0.25, 0.3) is 0 Å². The first-order valence-corrected chi connectivity index (χ1v) is 6.00. The largest absolute Gasteiger partial charge is 0.390 e. The predicted octanol–water partition coefficient (Wildman–Crippen LogP) is 1.45. The maximum Gasteiger partial charge on any atom is 0.0603 e. The van der Waals surface area contributed by atoms with Gasteiger partial charge in [0.2, 0.25) is 0 Å². The minimum absolute atomic E-state index is 0.558. The first-order valence-electron chi connectivity index (χ1n) is 6.00. The number of hydrogen-bond donors (Lipinski definition) is 2. The molecule has 0 aliphatic rings.